The average molecular weight is 182 g/mol. The third-order valence-corrected chi connectivity index (χ3v) is 1.10. The highest BCUT2D eigenvalue weighted by molar-refractivity contribution is 9.07. The number of hydrogen-bond donors (Lipinski definition) is 0. The van der Waals surface area contributed by atoms with Gasteiger partial charge >= 0.3 is 0 Å². The van der Waals surface area contributed by atoms with E-state index in [0.717, 1.165) is 19.8 Å². The first-order valence-electron chi connectivity index (χ1n) is 2.72. The number of nitrogens with zero attached hydrogens (tertiary/aromatic N) is 1. The van der Waals surface area contributed by atoms with Gasteiger partial charge in [-0.3, -0.25) is 0 Å². The molecule has 0 aromatic carbocycles. The number of halogens is 1. The molecule has 0 fully saturated rings. The lowest BCUT2D eigenvalue weighted by atomic mass is 10.7. The lowest BCUT2D eigenvalue weighted by molar-refractivity contribution is 0.141. The Morgan fingerprint density at radius 3 is 2.62 bits per heavy atom. The van der Waals surface area contributed by atoms with Gasteiger partial charge in [-0.25, -0.2) is 3.93 Å². The topological polar surface area (TPSA) is 12.5 Å². The summed E-state index contributed by atoms with van der Waals surface area (Å²) < 4.78 is 6.99. The summed E-state index contributed by atoms with van der Waals surface area (Å²) in [5.41, 5.74) is 0. The van der Waals surface area contributed by atoms with Gasteiger partial charge in [0.25, 0.3) is 0 Å². The molecule has 0 rings (SSSR count). The van der Waals surface area contributed by atoms with Gasteiger partial charge in [-0.2, -0.15) is 0 Å². The van der Waals surface area contributed by atoms with Crippen molar-refractivity contribution in [3.8, 4) is 0 Å². The van der Waals surface area contributed by atoms with Crippen LogP contribution >= 0.6 is 16.1 Å². The Bertz CT molecular complexity index is 49.7. The quantitative estimate of drug-likeness (QED) is 0.479. The predicted molar refractivity (Wildman–Crippen MR) is 38.1 cm³/mol. The van der Waals surface area contributed by atoms with Crippen molar-refractivity contribution >= 4 is 16.1 Å². The fourth-order valence-electron chi connectivity index (χ4n) is 0.335. The lowest BCUT2D eigenvalue weighted by Gasteiger charge is -2.05. The molecule has 50 valence electrons. The van der Waals surface area contributed by atoms with Gasteiger partial charge in [0.15, 0.2) is 0 Å². The van der Waals surface area contributed by atoms with Gasteiger partial charge in [-0.05, 0) is 14.0 Å². The fraction of sp³-hybridized carbons (Fsp3) is 1.00. The largest absolute Gasteiger partial charge is 0.380 e. The van der Waals surface area contributed by atoms with Crippen LogP contribution in [0.4, 0.5) is 0 Å². The van der Waals surface area contributed by atoms with Gasteiger partial charge in [-0.15, -0.1) is 0 Å². The second kappa shape index (κ2) is 5.54. The van der Waals surface area contributed by atoms with Crippen molar-refractivity contribution < 1.29 is 4.74 Å². The van der Waals surface area contributed by atoms with Crippen molar-refractivity contribution in [1.29, 1.82) is 0 Å². The molecule has 0 amide bonds. The highest BCUT2D eigenvalue weighted by Gasteiger charge is 1.87. The molecule has 0 aliphatic heterocycles. The molecule has 0 aliphatic carbocycles. The van der Waals surface area contributed by atoms with Crippen molar-refractivity contribution in [2.24, 2.45) is 0 Å². The summed E-state index contributed by atoms with van der Waals surface area (Å²) in [4.78, 5) is 0. The zero-order valence-corrected chi connectivity index (χ0v) is 6.94. The predicted octanol–water partition coefficient (Wildman–Crippen LogP) is 1.26. The molecular formula is C5H12BrNO. The van der Waals surface area contributed by atoms with E-state index in [1.54, 1.807) is 0 Å². The van der Waals surface area contributed by atoms with Crippen LogP contribution in [0, 0.1) is 0 Å². The highest BCUT2D eigenvalue weighted by Crippen LogP contribution is 1.89. The van der Waals surface area contributed by atoms with Gasteiger partial charge in [-0.1, -0.05) is 0 Å². The maximum Gasteiger partial charge on any atom is 0.0602 e. The Kier molecular flexibility index (Phi) is 5.81. The fourth-order valence-corrected chi connectivity index (χ4v) is 0.479. The van der Waals surface area contributed by atoms with Crippen LogP contribution in [0.1, 0.15) is 6.92 Å². The molecule has 2 nitrogen and oxygen atoms in total. The summed E-state index contributed by atoms with van der Waals surface area (Å²) >= 11 is 3.26. The molecule has 0 saturated carbocycles. The van der Waals surface area contributed by atoms with Crippen molar-refractivity contribution in [2.45, 2.75) is 6.92 Å². The first-order chi connectivity index (χ1) is 3.77. The Morgan fingerprint density at radius 1 is 1.62 bits per heavy atom. The second-order valence-electron chi connectivity index (χ2n) is 1.53. The second-order valence-corrected chi connectivity index (χ2v) is 2.74. The highest BCUT2D eigenvalue weighted by atomic mass is 79.9. The van der Waals surface area contributed by atoms with E-state index in [0.29, 0.717) is 0 Å². The number of rotatable bonds is 4. The Labute approximate surface area is 59.2 Å². The minimum Gasteiger partial charge on any atom is -0.380 e. The SMILES string of the molecule is CCOCCN(C)Br. The summed E-state index contributed by atoms with van der Waals surface area (Å²) in [7, 11) is 1.96. The van der Waals surface area contributed by atoms with E-state index < -0.39 is 0 Å². The molecule has 0 aromatic heterocycles. The molecule has 0 unspecified atom stereocenters. The monoisotopic (exact) mass is 181 g/mol. The molecule has 8 heavy (non-hydrogen) atoms. The molecular weight excluding hydrogens is 170 g/mol. The number of ether oxygens (including phenoxy) is 1. The van der Waals surface area contributed by atoms with Gasteiger partial charge in [0, 0.05) is 29.3 Å². The van der Waals surface area contributed by atoms with Crippen molar-refractivity contribution in [3.05, 3.63) is 0 Å². The molecule has 0 aliphatic rings. The lowest BCUT2D eigenvalue weighted by Crippen LogP contribution is -2.12. The van der Waals surface area contributed by atoms with Crippen LogP contribution in [0.5, 0.6) is 0 Å². The average Bonchev–Trinajstić information content (AvgIpc) is 1.66. The third-order valence-electron chi connectivity index (χ3n) is 0.748. The van der Waals surface area contributed by atoms with Crippen LogP contribution in [0.3, 0.4) is 0 Å². The standard InChI is InChI=1S/C5H12BrNO/c1-3-8-5-4-7(2)6/h3-5H2,1-2H3. The van der Waals surface area contributed by atoms with Crippen molar-refractivity contribution in [2.75, 3.05) is 26.8 Å². The minimum absolute atomic E-state index is 0.804. The van der Waals surface area contributed by atoms with E-state index >= 15 is 0 Å². The van der Waals surface area contributed by atoms with E-state index in [4.69, 9.17) is 4.74 Å². The van der Waals surface area contributed by atoms with E-state index in [9.17, 15) is 0 Å². The normalized spacial score (nSPS) is 10.5. The van der Waals surface area contributed by atoms with Crippen LogP contribution in [-0.2, 0) is 4.74 Å². The maximum absolute atomic E-state index is 5.07. The molecule has 0 aromatic rings. The van der Waals surface area contributed by atoms with Gasteiger partial charge < -0.3 is 4.74 Å². The molecule has 0 N–H and O–H groups in total. The van der Waals surface area contributed by atoms with Crippen molar-refractivity contribution in [1.82, 2.24) is 3.93 Å². The Balaban J connectivity index is 2.72. The zero-order valence-electron chi connectivity index (χ0n) is 5.35. The van der Waals surface area contributed by atoms with Gasteiger partial charge in [0.2, 0.25) is 0 Å². The minimum atomic E-state index is 0.804. The third kappa shape index (κ3) is 6.40. The first-order valence-corrected chi connectivity index (χ1v) is 3.43. The summed E-state index contributed by atoms with van der Waals surface area (Å²) in [5.74, 6) is 0. The van der Waals surface area contributed by atoms with E-state index in [1.807, 2.05) is 17.9 Å². The maximum atomic E-state index is 5.07. The van der Waals surface area contributed by atoms with E-state index in [1.165, 1.54) is 0 Å². The van der Waals surface area contributed by atoms with Crippen LogP contribution < -0.4 is 0 Å². The summed E-state index contributed by atoms with van der Waals surface area (Å²) in [6, 6.07) is 0. The molecule has 0 atom stereocenters. The smallest absolute Gasteiger partial charge is 0.0602 e. The first kappa shape index (κ1) is 8.40. The zero-order chi connectivity index (χ0) is 6.41. The Morgan fingerprint density at radius 2 is 2.25 bits per heavy atom. The van der Waals surface area contributed by atoms with Crippen LogP contribution in [0.15, 0.2) is 0 Å². The molecule has 0 heterocycles. The summed E-state index contributed by atoms with van der Waals surface area (Å²) in [6.45, 7) is 4.54. The van der Waals surface area contributed by atoms with Crippen LogP contribution in [-0.4, -0.2) is 30.7 Å². The summed E-state index contributed by atoms with van der Waals surface area (Å²) in [6.07, 6.45) is 0. The van der Waals surface area contributed by atoms with E-state index in [-0.39, 0.29) is 0 Å². The molecule has 3 heteroatoms. The molecule has 0 spiro atoms. The Hall–Kier alpha value is 0.400. The molecule has 0 saturated heterocycles. The van der Waals surface area contributed by atoms with E-state index in [2.05, 4.69) is 16.1 Å². The summed E-state index contributed by atoms with van der Waals surface area (Å²) in [5, 5.41) is 0. The van der Waals surface area contributed by atoms with Crippen LogP contribution in [0.2, 0.25) is 0 Å². The van der Waals surface area contributed by atoms with Gasteiger partial charge in [0.05, 0.1) is 6.61 Å². The van der Waals surface area contributed by atoms with Gasteiger partial charge in [0.1, 0.15) is 0 Å². The molecule has 0 radical (unpaired) electrons. The van der Waals surface area contributed by atoms with Crippen molar-refractivity contribution in [3.63, 3.8) is 0 Å². The molecule has 0 bridgehead atoms. The number of likely N-dealkylation sites (N-methyl/N-ethyl adjacent to an activating group) is 1. The number of hydrogen-bond acceptors (Lipinski definition) is 2. The van der Waals surface area contributed by atoms with Crippen LogP contribution in [0.25, 0.3) is 0 Å².